The first-order valence-corrected chi connectivity index (χ1v) is 5.46. The predicted octanol–water partition coefficient (Wildman–Crippen LogP) is 3.45. The van der Waals surface area contributed by atoms with Gasteiger partial charge in [-0.15, -0.1) is 0 Å². The van der Waals surface area contributed by atoms with Gasteiger partial charge < -0.3 is 10.5 Å². The maximum absolute atomic E-state index is 5.93. The zero-order valence-electron chi connectivity index (χ0n) is 9.76. The number of hydrogen-bond donors (Lipinski definition) is 1. The van der Waals surface area contributed by atoms with Crippen LogP contribution in [0.4, 0.5) is 5.69 Å². The molecule has 0 saturated carbocycles. The largest absolute Gasteiger partial charge is 0.497 e. The summed E-state index contributed by atoms with van der Waals surface area (Å²) in [5.74, 6) is 0.777. The second-order valence-corrected chi connectivity index (χ2v) is 3.74. The lowest BCUT2D eigenvalue weighted by Crippen LogP contribution is -1.91. The van der Waals surface area contributed by atoms with Crippen molar-refractivity contribution in [1.29, 1.82) is 0 Å². The molecule has 0 atom stereocenters. The van der Waals surface area contributed by atoms with Crippen molar-refractivity contribution in [3.05, 3.63) is 59.7 Å². The van der Waals surface area contributed by atoms with E-state index in [1.54, 1.807) is 7.11 Å². The standard InChI is InChI=1S/C15H15NO/c1-17-14-10-9-13(15(16)11-14)8-7-12-5-3-2-4-6-12/h2-11H,16H2,1H3. The quantitative estimate of drug-likeness (QED) is 0.641. The smallest absolute Gasteiger partial charge is 0.120 e. The van der Waals surface area contributed by atoms with E-state index in [9.17, 15) is 0 Å². The topological polar surface area (TPSA) is 35.2 Å². The molecule has 0 saturated heterocycles. The minimum Gasteiger partial charge on any atom is -0.497 e. The van der Waals surface area contributed by atoms with Crippen LogP contribution in [0, 0.1) is 0 Å². The van der Waals surface area contributed by atoms with Gasteiger partial charge >= 0.3 is 0 Å². The van der Waals surface area contributed by atoms with E-state index in [2.05, 4.69) is 12.1 Å². The SMILES string of the molecule is COc1ccc(C=Cc2ccccc2)c(N)c1. The van der Waals surface area contributed by atoms with E-state index in [0.29, 0.717) is 0 Å². The molecule has 2 rings (SSSR count). The van der Waals surface area contributed by atoms with Gasteiger partial charge in [-0.2, -0.15) is 0 Å². The van der Waals surface area contributed by atoms with Crippen molar-refractivity contribution in [2.45, 2.75) is 0 Å². The number of benzene rings is 2. The molecule has 17 heavy (non-hydrogen) atoms. The second-order valence-electron chi connectivity index (χ2n) is 3.74. The molecule has 0 amide bonds. The van der Waals surface area contributed by atoms with Gasteiger partial charge in [-0.05, 0) is 23.3 Å². The monoisotopic (exact) mass is 225 g/mol. The minimum atomic E-state index is 0.719. The fourth-order valence-electron chi connectivity index (χ4n) is 1.58. The molecule has 0 radical (unpaired) electrons. The van der Waals surface area contributed by atoms with Crippen LogP contribution in [0.3, 0.4) is 0 Å². The molecular weight excluding hydrogens is 210 g/mol. The summed E-state index contributed by atoms with van der Waals surface area (Å²) in [6, 6.07) is 15.8. The Labute approximate surface area is 101 Å². The van der Waals surface area contributed by atoms with Crippen LogP contribution in [0.1, 0.15) is 11.1 Å². The average Bonchev–Trinajstić information content (AvgIpc) is 2.38. The first-order chi connectivity index (χ1) is 8.29. The number of anilines is 1. The summed E-state index contributed by atoms with van der Waals surface area (Å²) < 4.78 is 5.11. The number of nitrogens with two attached hydrogens (primary N) is 1. The van der Waals surface area contributed by atoms with Crippen molar-refractivity contribution in [1.82, 2.24) is 0 Å². The average molecular weight is 225 g/mol. The fraction of sp³-hybridized carbons (Fsp3) is 0.0667. The van der Waals surface area contributed by atoms with E-state index in [1.165, 1.54) is 0 Å². The van der Waals surface area contributed by atoms with Crippen LogP contribution >= 0.6 is 0 Å². The zero-order valence-corrected chi connectivity index (χ0v) is 9.76. The summed E-state index contributed by atoms with van der Waals surface area (Å²) >= 11 is 0. The van der Waals surface area contributed by atoms with Crippen molar-refractivity contribution in [2.75, 3.05) is 12.8 Å². The molecule has 0 fully saturated rings. The highest BCUT2D eigenvalue weighted by atomic mass is 16.5. The maximum atomic E-state index is 5.93. The van der Waals surface area contributed by atoms with E-state index < -0.39 is 0 Å². The van der Waals surface area contributed by atoms with Gasteiger partial charge in [0.05, 0.1) is 7.11 Å². The molecule has 2 N–H and O–H groups in total. The molecule has 0 bridgehead atoms. The van der Waals surface area contributed by atoms with Crippen molar-refractivity contribution < 1.29 is 4.74 Å². The van der Waals surface area contributed by atoms with Crippen LogP contribution in [0.2, 0.25) is 0 Å². The Kier molecular flexibility index (Phi) is 3.46. The molecule has 2 heteroatoms. The third-order valence-corrected chi connectivity index (χ3v) is 2.55. The molecule has 0 aromatic heterocycles. The molecule has 86 valence electrons. The Hall–Kier alpha value is -2.22. The van der Waals surface area contributed by atoms with Gasteiger partial charge in [0, 0.05) is 11.8 Å². The van der Waals surface area contributed by atoms with Gasteiger partial charge in [-0.25, -0.2) is 0 Å². The molecule has 2 aromatic rings. The highest BCUT2D eigenvalue weighted by Crippen LogP contribution is 2.21. The van der Waals surface area contributed by atoms with E-state index in [1.807, 2.05) is 48.6 Å². The first kappa shape index (κ1) is 11.3. The summed E-state index contributed by atoms with van der Waals surface area (Å²) in [6.45, 7) is 0. The maximum Gasteiger partial charge on any atom is 0.120 e. The van der Waals surface area contributed by atoms with Crippen molar-refractivity contribution in [2.24, 2.45) is 0 Å². The molecule has 0 heterocycles. The van der Waals surface area contributed by atoms with E-state index in [0.717, 1.165) is 22.6 Å². The molecule has 0 unspecified atom stereocenters. The summed E-state index contributed by atoms with van der Waals surface area (Å²) in [7, 11) is 1.63. The first-order valence-electron chi connectivity index (χ1n) is 5.46. The molecule has 2 aromatic carbocycles. The van der Waals surface area contributed by atoms with Crippen molar-refractivity contribution in [3.8, 4) is 5.75 Å². The lowest BCUT2D eigenvalue weighted by molar-refractivity contribution is 0.415. The Morgan fingerprint density at radius 1 is 1.00 bits per heavy atom. The van der Waals surface area contributed by atoms with E-state index >= 15 is 0 Å². The van der Waals surface area contributed by atoms with Gasteiger partial charge in [0.25, 0.3) is 0 Å². The van der Waals surface area contributed by atoms with Crippen LogP contribution in [0.15, 0.2) is 48.5 Å². The highest BCUT2D eigenvalue weighted by Gasteiger charge is 1.97. The molecule has 0 aliphatic carbocycles. The Bertz CT molecular complexity index is 518. The predicted molar refractivity (Wildman–Crippen MR) is 72.8 cm³/mol. The number of ether oxygens (including phenoxy) is 1. The van der Waals surface area contributed by atoms with Crippen molar-refractivity contribution >= 4 is 17.8 Å². The molecule has 0 aliphatic heterocycles. The molecular formula is C15H15NO. The third kappa shape index (κ3) is 2.88. The lowest BCUT2D eigenvalue weighted by Gasteiger charge is -2.04. The molecule has 0 aliphatic rings. The van der Waals surface area contributed by atoms with Crippen molar-refractivity contribution in [3.63, 3.8) is 0 Å². The zero-order chi connectivity index (χ0) is 12.1. The highest BCUT2D eigenvalue weighted by molar-refractivity contribution is 5.76. The van der Waals surface area contributed by atoms with Crippen LogP contribution in [0.25, 0.3) is 12.2 Å². The minimum absolute atomic E-state index is 0.719. The number of hydrogen-bond acceptors (Lipinski definition) is 2. The summed E-state index contributed by atoms with van der Waals surface area (Å²) in [5.41, 5.74) is 8.80. The van der Waals surface area contributed by atoms with Crippen LogP contribution in [-0.2, 0) is 0 Å². The Balaban J connectivity index is 2.22. The number of nitrogen functional groups attached to an aromatic ring is 1. The number of rotatable bonds is 3. The normalized spacial score (nSPS) is 10.6. The number of methoxy groups -OCH3 is 1. The molecule has 2 nitrogen and oxygen atoms in total. The summed E-state index contributed by atoms with van der Waals surface area (Å²) in [4.78, 5) is 0. The van der Waals surface area contributed by atoms with Gasteiger partial charge in [-0.3, -0.25) is 0 Å². The third-order valence-electron chi connectivity index (χ3n) is 2.55. The fourth-order valence-corrected chi connectivity index (χ4v) is 1.58. The lowest BCUT2D eigenvalue weighted by atomic mass is 10.1. The summed E-state index contributed by atoms with van der Waals surface area (Å²) in [5, 5.41) is 0. The second kappa shape index (κ2) is 5.21. The van der Waals surface area contributed by atoms with Crippen LogP contribution in [-0.4, -0.2) is 7.11 Å². The van der Waals surface area contributed by atoms with Gasteiger partial charge in [0.2, 0.25) is 0 Å². The molecule has 0 spiro atoms. The Morgan fingerprint density at radius 2 is 1.76 bits per heavy atom. The van der Waals surface area contributed by atoms with Gasteiger partial charge in [0.15, 0.2) is 0 Å². The van der Waals surface area contributed by atoms with Crippen LogP contribution in [0.5, 0.6) is 5.75 Å². The van der Waals surface area contributed by atoms with Gasteiger partial charge in [-0.1, -0.05) is 42.5 Å². The Morgan fingerprint density at radius 3 is 2.41 bits per heavy atom. The van der Waals surface area contributed by atoms with E-state index in [4.69, 9.17) is 10.5 Å². The summed E-state index contributed by atoms with van der Waals surface area (Å²) in [6.07, 6.45) is 4.04. The van der Waals surface area contributed by atoms with E-state index in [-0.39, 0.29) is 0 Å². The van der Waals surface area contributed by atoms with Gasteiger partial charge in [0.1, 0.15) is 5.75 Å². The van der Waals surface area contributed by atoms with Crippen LogP contribution < -0.4 is 10.5 Å².